The summed E-state index contributed by atoms with van der Waals surface area (Å²) in [5, 5.41) is 2.89. The highest BCUT2D eigenvalue weighted by Crippen LogP contribution is 2.18. The Morgan fingerprint density at radius 3 is 2.46 bits per heavy atom. The van der Waals surface area contributed by atoms with Gasteiger partial charge in [0, 0.05) is 33.2 Å². The van der Waals surface area contributed by atoms with Gasteiger partial charge in [0.25, 0.3) is 0 Å². The average molecular weight is 334 g/mol. The number of nitrogens with one attached hydrogen (secondary N) is 1. The second-order valence-corrected chi connectivity index (χ2v) is 6.59. The number of aromatic nitrogens is 1. The molecule has 1 aliphatic rings. The molecule has 8 nitrogen and oxygen atoms in total. The van der Waals surface area contributed by atoms with E-state index in [1.165, 1.54) is 0 Å². The van der Waals surface area contributed by atoms with Gasteiger partial charge in [-0.15, -0.1) is 0 Å². The van der Waals surface area contributed by atoms with E-state index >= 15 is 0 Å². The highest BCUT2D eigenvalue weighted by molar-refractivity contribution is 5.91. The molecular formula is C16H26N6O2. The van der Waals surface area contributed by atoms with Crippen LogP contribution < -0.4 is 16.0 Å². The largest absolute Gasteiger partial charge is 0.444 e. The summed E-state index contributed by atoms with van der Waals surface area (Å²) in [5.74, 6) is 0.968. The minimum Gasteiger partial charge on any atom is -0.444 e. The molecule has 0 bridgehead atoms. The molecule has 8 heteroatoms. The van der Waals surface area contributed by atoms with Gasteiger partial charge in [0.15, 0.2) is 5.96 Å². The number of carbonyl (C=O) groups is 1. The number of hydrogen-bond donors (Lipinski definition) is 2. The number of nitrogens with two attached hydrogens (primary N) is 1. The van der Waals surface area contributed by atoms with Gasteiger partial charge in [0.05, 0.1) is 11.9 Å². The third-order valence-electron chi connectivity index (χ3n) is 3.54. The van der Waals surface area contributed by atoms with Crippen LogP contribution in [0.15, 0.2) is 23.3 Å². The summed E-state index contributed by atoms with van der Waals surface area (Å²) in [6.45, 7) is 8.36. The van der Waals surface area contributed by atoms with E-state index in [1.807, 2.05) is 32.9 Å². The number of ether oxygens (including phenoxy) is 1. The van der Waals surface area contributed by atoms with Gasteiger partial charge < -0.3 is 25.6 Å². The molecule has 0 atom stereocenters. The lowest BCUT2D eigenvalue weighted by Crippen LogP contribution is -2.50. The molecule has 2 heterocycles. The van der Waals surface area contributed by atoms with E-state index in [9.17, 15) is 4.79 Å². The molecule has 1 aromatic heterocycles. The molecule has 132 valence electrons. The van der Waals surface area contributed by atoms with Gasteiger partial charge in [-0.25, -0.2) is 9.78 Å². The highest BCUT2D eigenvalue weighted by atomic mass is 16.6. The number of aliphatic imine (C=N–C) groups is 1. The summed E-state index contributed by atoms with van der Waals surface area (Å²) >= 11 is 0. The number of carbonyl (C=O) groups excluding carboxylic acids is 1. The maximum atomic E-state index is 12.1. The number of nitrogens with zero attached hydrogens (tertiary/aromatic N) is 4. The van der Waals surface area contributed by atoms with E-state index in [2.05, 4.69) is 20.2 Å². The van der Waals surface area contributed by atoms with Crippen molar-refractivity contribution >= 4 is 23.6 Å². The first-order chi connectivity index (χ1) is 11.3. The summed E-state index contributed by atoms with van der Waals surface area (Å²) in [4.78, 5) is 24.2. The van der Waals surface area contributed by atoms with Crippen LogP contribution in [0.3, 0.4) is 0 Å². The second kappa shape index (κ2) is 7.37. The molecule has 1 amide bonds. The molecule has 0 aromatic carbocycles. The molecule has 0 saturated carbocycles. The van der Waals surface area contributed by atoms with Crippen molar-refractivity contribution in [1.29, 1.82) is 0 Å². The minimum atomic E-state index is -0.468. The number of piperazine rings is 1. The molecule has 3 N–H and O–H groups in total. The van der Waals surface area contributed by atoms with Gasteiger partial charge >= 0.3 is 6.09 Å². The number of amides is 1. The van der Waals surface area contributed by atoms with Crippen LogP contribution in [-0.2, 0) is 4.74 Å². The van der Waals surface area contributed by atoms with Crippen molar-refractivity contribution in [3.8, 4) is 0 Å². The Labute approximate surface area is 142 Å². The smallest absolute Gasteiger partial charge is 0.410 e. The fraction of sp³-hybridized carbons (Fsp3) is 0.562. The van der Waals surface area contributed by atoms with Gasteiger partial charge in [-0.2, -0.15) is 0 Å². The van der Waals surface area contributed by atoms with Crippen LogP contribution in [-0.4, -0.2) is 60.8 Å². The van der Waals surface area contributed by atoms with Crippen molar-refractivity contribution in [3.63, 3.8) is 0 Å². The molecule has 1 aromatic rings. The van der Waals surface area contributed by atoms with Gasteiger partial charge in [0.1, 0.15) is 11.4 Å². The molecular weight excluding hydrogens is 308 g/mol. The zero-order valence-corrected chi connectivity index (χ0v) is 14.7. The van der Waals surface area contributed by atoms with Crippen LogP contribution in [0.25, 0.3) is 0 Å². The summed E-state index contributed by atoms with van der Waals surface area (Å²) < 4.78 is 5.41. The summed E-state index contributed by atoms with van der Waals surface area (Å²) in [6.07, 6.45) is 1.53. The molecule has 1 saturated heterocycles. The number of guanidine groups is 1. The first kappa shape index (κ1) is 17.8. The maximum Gasteiger partial charge on any atom is 0.410 e. The van der Waals surface area contributed by atoms with Crippen LogP contribution in [0, 0.1) is 0 Å². The Kier molecular flexibility index (Phi) is 5.48. The quantitative estimate of drug-likeness (QED) is 0.628. The van der Waals surface area contributed by atoms with Crippen LogP contribution in [0.2, 0.25) is 0 Å². The Hall–Kier alpha value is -2.51. The second-order valence-electron chi connectivity index (χ2n) is 6.59. The van der Waals surface area contributed by atoms with Crippen LogP contribution in [0.5, 0.6) is 0 Å². The zero-order valence-electron chi connectivity index (χ0n) is 14.7. The Balaban J connectivity index is 1.89. The van der Waals surface area contributed by atoms with Crippen LogP contribution >= 0.6 is 0 Å². The van der Waals surface area contributed by atoms with Crippen molar-refractivity contribution in [2.75, 3.05) is 43.4 Å². The fourth-order valence-corrected chi connectivity index (χ4v) is 2.31. The molecule has 0 radical (unpaired) electrons. The molecule has 0 spiro atoms. The normalized spacial score (nSPS) is 16.1. The molecule has 1 aliphatic heterocycles. The van der Waals surface area contributed by atoms with Crippen molar-refractivity contribution in [2.45, 2.75) is 26.4 Å². The third kappa shape index (κ3) is 5.00. The molecule has 0 aliphatic carbocycles. The lowest BCUT2D eigenvalue weighted by atomic mass is 10.2. The van der Waals surface area contributed by atoms with Crippen LogP contribution in [0.4, 0.5) is 16.3 Å². The van der Waals surface area contributed by atoms with Crippen molar-refractivity contribution in [3.05, 3.63) is 18.3 Å². The SMILES string of the molecule is CN=C(N)Nc1ccc(N2CCN(C(=O)OC(C)(C)C)CC2)cn1. The van der Waals surface area contributed by atoms with Crippen molar-refractivity contribution in [1.82, 2.24) is 9.88 Å². The van der Waals surface area contributed by atoms with E-state index in [0.29, 0.717) is 24.9 Å². The molecule has 24 heavy (non-hydrogen) atoms. The first-order valence-electron chi connectivity index (χ1n) is 7.97. The predicted octanol–water partition coefficient (Wildman–Crippen LogP) is 1.50. The molecule has 2 rings (SSSR count). The number of pyridine rings is 1. The van der Waals surface area contributed by atoms with Gasteiger partial charge in [-0.1, -0.05) is 0 Å². The zero-order chi connectivity index (χ0) is 17.7. The molecule has 0 unspecified atom stereocenters. The van der Waals surface area contributed by atoms with E-state index in [-0.39, 0.29) is 6.09 Å². The van der Waals surface area contributed by atoms with Gasteiger partial charge in [-0.3, -0.25) is 4.99 Å². The van der Waals surface area contributed by atoms with Crippen molar-refractivity contribution < 1.29 is 9.53 Å². The topological polar surface area (TPSA) is 96.1 Å². The Morgan fingerprint density at radius 1 is 1.29 bits per heavy atom. The average Bonchev–Trinajstić information content (AvgIpc) is 2.54. The number of rotatable bonds is 2. The Morgan fingerprint density at radius 2 is 1.96 bits per heavy atom. The monoisotopic (exact) mass is 334 g/mol. The molecule has 1 fully saturated rings. The van der Waals surface area contributed by atoms with Crippen LogP contribution in [0.1, 0.15) is 20.8 Å². The predicted molar refractivity (Wildman–Crippen MR) is 95.4 cm³/mol. The maximum absolute atomic E-state index is 12.1. The number of hydrogen-bond acceptors (Lipinski definition) is 5. The summed E-state index contributed by atoms with van der Waals surface area (Å²) in [6, 6.07) is 3.83. The fourth-order valence-electron chi connectivity index (χ4n) is 2.31. The number of anilines is 2. The first-order valence-corrected chi connectivity index (χ1v) is 7.97. The van der Waals surface area contributed by atoms with E-state index in [4.69, 9.17) is 10.5 Å². The van der Waals surface area contributed by atoms with Crippen molar-refractivity contribution in [2.24, 2.45) is 10.7 Å². The Bertz CT molecular complexity index is 586. The van der Waals surface area contributed by atoms with E-state index in [1.54, 1.807) is 18.1 Å². The van der Waals surface area contributed by atoms with E-state index < -0.39 is 5.60 Å². The third-order valence-corrected chi connectivity index (χ3v) is 3.54. The standard InChI is InChI=1S/C16H26N6O2/c1-16(2,3)24-15(23)22-9-7-21(8-10-22)12-5-6-13(19-11-12)20-14(17)18-4/h5-6,11H,7-10H2,1-4H3,(H3,17,18,19,20). The van der Waals surface area contributed by atoms with Gasteiger partial charge in [-0.05, 0) is 32.9 Å². The highest BCUT2D eigenvalue weighted by Gasteiger charge is 2.25. The summed E-state index contributed by atoms with van der Waals surface area (Å²) in [5.41, 5.74) is 6.16. The minimum absolute atomic E-state index is 0.255. The lowest BCUT2D eigenvalue weighted by molar-refractivity contribution is 0.0240. The van der Waals surface area contributed by atoms with Gasteiger partial charge in [0.2, 0.25) is 0 Å². The van der Waals surface area contributed by atoms with E-state index in [0.717, 1.165) is 18.8 Å². The summed E-state index contributed by atoms with van der Waals surface area (Å²) in [7, 11) is 1.61. The lowest BCUT2D eigenvalue weighted by Gasteiger charge is -2.36.